The number of nitrogens with zero attached hydrogens (tertiary/aromatic N) is 3. The summed E-state index contributed by atoms with van der Waals surface area (Å²) in [7, 11) is -3.58. The Labute approximate surface area is 170 Å². The molecule has 1 aromatic carbocycles. The van der Waals surface area contributed by atoms with Gasteiger partial charge in [0, 0.05) is 39.0 Å². The molecule has 1 atom stereocenters. The van der Waals surface area contributed by atoms with Gasteiger partial charge in [-0.1, -0.05) is 6.07 Å². The minimum atomic E-state index is -3.58. The lowest BCUT2D eigenvalue weighted by atomic mass is 9.99. The number of benzene rings is 1. The van der Waals surface area contributed by atoms with Gasteiger partial charge in [-0.2, -0.15) is 5.10 Å². The summed E-state index contributed by atoms with van der Waals surface area (Å²) in [5, 5.41) is 4.17. The number of fused-ring (bicyclic) bond motifs is 1. The number of sulfonamides is 1. The topological polar surface area (TPSA) is 93.5 Å². The van der Waals surface area contributed by atoms with Gasteiger partial charge < -0.3 is 9.64 Å². The molecule has 1 fully saturated rings. The number of hydrogen-bond acceptors (Lipinski definition) is 5. The molecule has 2 aromatic rings. The highest BCUT2D eigenvalue weighted by Crippen LogP contribution is 2.24. The molecule has 0 radical (unpaired) electrons. The highest BCUT2D eigenvalue weighted by Gasteiger charge is 2.25. The maximum atomic E-state index is 12.7. The van der Waals surface area contributed by atoms with Crippen molar-refractivity contribution in [1.29, 1.82) is 0 Å². The van der Waals surface area contributed by atoms with E-state index in [1.807, 2.05) is 13.0 Å². The molecule has 2 aliphatic heterocycles. The fraction of sp³-hybridized carbons (Fsp3) is 0.500. The smallest absolute Gasteiger partial charge is 0.257 e. The molecule has 9 heteroatoms. The predicted molar refractivity (Wildman–Crippen MR) is 107 cm³/mol. The molecular formula is C20H26N4O4S. The molecular weight excluding hydrogens is 392 g/mol. The summed E-state index contributed by atoms with van der Waals surface area (Å²) in [5.41, 5.74) is 2.52. The van der Waals surface area contributed by atoms with E-state index in [2.05, 4.69) is 9.82 Å². The molecule has 0 saturated carbocycles. The fourth-order valence-electron chi connectivity index (χ4n) is 3.79. The number of carbonyl (C=O) groups excluding carboxylic acids is 1. The van der Waals surface area contributed by atoms with E-state index in [9.17, 15) is 13.2 Å². The van der Waals surface area contributed by atoms with Crippen LogP contribution in [0.15, 0.2) is 35.5 Å². The zero-order chi connectivity index (χ0) is 20.4. The average Bonchev–Trinajstić information content (AvgIpc) is 3.43. The second kappa shape index (κ2) is 8.25. The monoisotopic (exact) mass is 418 g/mol. The molecule has 29 heavy (non-hydrogen) atoms. The zero-order valence-electron chi connectivity index (χ0n) is 16.5. The maximum absolute atomic E-state index is 12.7. The van der Waals surface area contributed by atoms with Crippen LogP contribution in [0.4, 0.5) is 0 Å². The molecule has 0 bridgehead atoms. The summed E-state index contributed by atoms with van der Waals surface area (Å²) < 4.78 is 35.1. The van der Waals surface area contributed by atoms with Gasteiger partial charge in [0.15, 0.2) is 0 Å². The largest absolute Gasteiger partial charge is 0.377 e. The summed E-state index contributed by atoms with van der Waals surface area (Å²) in [6.45, 7) is 4.70. The SMILES string of the molecule is CCn1cc(C(=O)N2CCc3cc(S(=O)(=O)NC[C@H]4CCCO4)ccc3C2)cn1. The lowest BCUT2D eigenvalue weighted by Crippen LogP contribution is -2.36. The molecule has 1 aromatic heterocycles. The Kier molecular flexibility index (Phi) is 5.71. The van der Waals surface area contributed by atoms with Crippen molar-refractivity contribution in [2.75, 3.05) is 19.7 Å². The number of aromatic nitrogens is 2. The number of ether oxygens (including phenoxy) is 1. The first-order chi connectivity index (χ1) is 14.0. The van der Waals surface area contributed by atoms with Crippen LogP contribution in [0.25, 0.3) is 0 Å². The van der Waals surface area contributed by atoms with E-state index in [0.717, 1.165) is 24.0 Å². The van der Waals surface area contributed by atoms with Crippen molar-refractivity contribution in [2.24, 2.45) is 0 Å². The van der Waals surface area contributed by atoms with Crippen molar-refractivity contribution in [3.8, 4) is 0 Å². The van der Waals surface area contributed by atoms with Crippen LogP contribution in [-0.4, -0.2) is 54.8 Å². The van der Waals surface area contributed by atoms with E-state index in [4.69, 9.17) is 4.74 Å². The first-order valence-electron chi connectivity index (χ1n) is 10.0. The van der Waals surface area contributed by atoms with Crippen LogP contribution in [0.1, 0.15) is 41.3 Å². The number of amides is 1. The number of aryl methyl sites for hydroxylation is 1. The van der Waals surface area contributed by atoms with E-state index in [1.165, 1.54) is 0 Å². The van der Waals surface area contributed by atoms with Gasteiger partial charge in [-0.15, -0.1) is 0 Å². The van der Waals surface area contributed by atoms with Crippen molar-refractivity contribution in [3.05, 3.63) is 47.3 Å². The zero-order valence-corrected chi connectivity index (χ0v) is 17.3. The summed E-state index contributed by atoms with van der Waals surface area (Å²) in [6, 6.07) is 5.15. The van der Waals surface area contributed by atoms with E-state index < -0.39 is 10.0 Å². The third-order valence-corrected chi connectivity index (χ3v) is 6.94. The van der Waals surface area contributed by atoms with Gasteiger partial charge in [0.2, 0.25) is 10.0 Å². The van der Waals surface area contributed by atoms with E-state index in [1.54, 1.807) is 34.1 Å². The van der Waals surface area contributed by atoms with Gasteiger partial charge in [-0.05, 0) is 49.4 Å². The summed E-state index contributed by atoms with van der Waals surface area (Å²) in [6.07, 6.45) is 5.79. The standard InChI is InChI=1S/C20H26N4O4S/c1-2-24-14-17(11-21-24)20(25)23-8-7-15-10-19(6-5-16(15)13-23)29(26,27)22-12-18-4-3-9-28-18/h5-6,10-11,14,18,22H,2-4,7-9,12-13H2,1H3/t18-/m1/s1. The number of nitrogens with one attached hydrogen (secondary N) is 1. The Balaban J connectivity index is 1.44. The van der Waals surface area contributed by atoms with Crippen LogP contribution in [0, 0.1) is 0 Å². The minimum absolute atomic E-state index is 0.0426. The van der Waals surface area contributed by atoms with Gasteiger partial charge in [-0.3, -0.25) is 9.48 Å². The molecule has 0 unspecified atom stereocenters. The Bertz CT molecular complexity index is 996. The van der Waals surface area contributed by atoms with Crippen LogP contribution < -0.4 is 4.72 Å². The van der Waals surface area contributed by atoms with Crippen LogP contribution >= 0.6 is 0 Å². The molecule has 2 aliphatic rings. The summed E-state index contributed by atoms with van der Waals surface area (Å²) in [5.74, 6) is -0.0507. The van der Waals surface area contributed by atoms with Crippen molar-refractivity contribution in [1.82, 2.24) is 19.4 Å². The molecule has 1 amide bonds. The van der Waals surface area contributed by atoms with Crippen LogP contribution in [0.2, 0.25) is 0 Å². The highest BCUT2D eigenvalue weighted by molar-refractivity contribution is 7.89. The molecule has 1 saturated heterocycles. The van der Waals surface area contributed by atoms with Gasteiger partial charge in [-0.25, -0.2) is 13.1 Å². The van der Waals surface area contributed by atoms with E-state index >= 15 is 0 Å². The predicted octanol–water partition coefficient (Wildman–Crippen LogP) is 1.56. The molecule has 8 nitrogen and oxygen atoms in total. The van der Waals surface area contributed by atoms with Crippen molar-refractivity contribution < 1.29 is 17.9 Å². The average molecular weight is 419 g/mol. The van der Waals surface area contributed by atoms with E-state index in [0.29, 0.717) is 44.8 Å². The highest BCUT2D eigenvalue weighted by atomic mass is 32.2. The van der Waals surface area contributed by atoms with Crippen LogP contribution in [0.3, 0.4) is 0 Å². The second-order valence-corrected chi connectivity index (χ2v) is 9.25. The van der Waals surface area contributed by atoms with Gasteiger partial charge >= 0.3 is 0 Å². The third-order valence-electron chi connectivity index (χ3n) is 5.52. The van der Waals surface area contributed by atoms with Gasteiger partial charge in [0.05, 0.1) is 22.8 Å². The molecule has 3 heterocycles. The van der Waals surface area contributed by atoms with Gasteiger partial charge in [0.25, 0.3) is 5.91 Å². The summed E-state index contributed by atoms with van der Waals surface area (Å²) >= 11 is 0. The summed E-state index contributed by atoms with van der Waals surface area (Å²) in [4.78, 5) is 14.8. The van der Waals surface area contributed by atoms with Crippen LogP contribution in [0.5, 0.6) is 0 Å². The number of hydrogen-bond donors (Lipinski definition) is 1. The Morgan fingerprint density at radius 1 is 1.34 bits per heavy atom. The van der Waals surface area contributed by atoms with Gasteiger partial charge in [0.1, 0.15) is 0 Å². The maximum Gasteiger partial charge on any atom is 0.257 e. The quantitative estimate of drug-likeness (QED) is 0.768. The minimum Gasteiger partial charge on any atom is -0.377 e. The lowest BCUT2D eigenvalue weighted by molar-refractivity contribution is 0.0734. The first-order valence-corrected chi connectivity index (χ1v) is 11.5. The fourth-order valence-corrected chi connectivity index (χ4v) is 4.91. The Hall–Kier alpha value is -2.23. The van der Waals surface area contributed by atoms with Crippen LogP contribution in [-0.2, 0) is 34.3 Å². The third kappa shape index (κ3) is 4.36. The number of rotatable bonds is 6. The molecule has 0 aliphatic carbocycles. The molecule has 0 spiro atoms. The van der Waals surface area contributed by atoms with Crippen molar-refractivity contribution >= 4 is 15.9 Å². The Morgan fingerprint density at radius 3 is 2.93 bits per heavy atom. The lowest BCUT2D eigenvalue weighted by Gasteiger charge is -2.29. The second-order valence-electron chi connectivity index (χ2n) is 7.48. The first kappa shape index (κ1) is 20.1. The molecule has 1 N–H and O–H groups in total. The normalized spacial score (nSPS) is 19.3. The molecule has 156 valence electrons. The van der Waals surface area contributed by atoms with E-state index in [-0.39, 0.29) is 16.9 Å². The number of carbonyl (C=O) groups is 1. The molecule has 4 rings (SSSR count). The van der Waals surface area contributed by atoms with Crippen molar-refractivity contribution in [3.63, 3.8) is 0 Å². The Morgan fingerprint density at radius 2 is 2.21 bits per heavy atom. The van der Waals surface area contributed by atoms with Crippen molar-refractivity contribution in [2.45, 2.75) is 50.3 Å².